The molecule has 2 aliphatic rings. The zero-order chi connectivity index (χ0) is 22.8. The van der Waals surface area contributed by atoms with Crippen LogP contribution in [0.5, 0.6) is 0 Å². The highest BCUT2D eigenvalue weighted by Crippen LogP contribution is 2.27. The number of rotatable bonds is 7. The molecule has 0 bridgehead atoms. The number of nitrogens with one attached hydrogen (secondary N) is 1. The third-order valence-corrected chi connectivity index (χ3v) is 9.85. The van der Waals surface area contributed by atoms with Crippen LogP contribution >= 0.6 is 11.8 Å². The molecule has 1 aromatic heterocycles. The molecule has 1 atom stereocenters. The summed E-state index contributed by atoms with van der Waals surface area (Å²) in [6.45, 7) is 1.03. The van der Waals surface area contributed by atoms with Gasteiger partial charge in [0.05, 0.1) is 22.2 Å². The number of sulfonamides is 1. The molecule has 13 heteroatoms. The fourth-order valence-electron chi connectivity index (χ4n) is 3.73. The standard InChI is InChI=1S/C19H24N4O6S3/c24-17(20-15-7-10-31(25,26)13-15)12-30-19-22-21-18(29-19)14-5-4-6-16(11-14)32(27,28)23-8-2-1-3-9-23/h4-6,11,15H,1-3,7-10,12-13H2,(H,20,24)/t15-/m0/s1. The maximum absolute atomic E-state index is 12.9. The van der Waals surface area contributed by atoms with Gasteiger partial charge in [0.1, 0.15) is 0 Å². The molecule has 0 radical (unpaired) electrons. The minimum Gasteiger partial charge on any atom is -0.411 e. The molecule has 2 fully saturated rings. The Labute approximate surface area is 191 Å². The van der Waals surface area contributed by atoms with Gasteiger partial charge in [-0.2, -0.15) is 4.31 Å². The van der Waals surface area contributed by atoms with E-state index in [4.69, 9.17) is 4.42 Å². The van der Waals surface area contributed by atoms with Gasteiger partial charge in [0.2, 0.25) is 21.8 Å². The van der Waals surface area contributed by atoms with Crippen LogP contribution in [-0.4, -0.2) is 73.6 Å². The van der Waals surface area contributed by atoms with Crippen molar-refractivity contribution in [2.45, 2.75) is 41.8 Å². The molecule has 174 valence electrons. The van der Waals surface area contributed by atoms with Crippen LogP contribution in [0.25, 0.3) is 11.5 Å². The van der Waals surface area contributed by atoms with Gasteiger partial charge >= 0.3 is 0 Å². The van der Waals surface area contributed by atoms with Gasteiger partial charge in [0, 0.05) is 24.7 Å². The summed E-state index contributed by atoms with van der Waals surface area (Å²) in [5.74, 6) is -0.103. The molecule has 1 N–H and O–H groups in total. The zero-order valence-corrected chi connectivity index (χ0v) is 19.7. The first-order valence-corrected chi connectivity index (χ1v) is 14.5. The van der Waals surface area contributed by atoms with E-state index < -0.39 is 19.9 Å². The Morgan fingerprint density at radius 3 is 2.72 bits per heavy atom. The van der Waals surface area contributed by atoms with E-state index in [9.17, 15) is 21.6 Å². The topological polar surface area (TPSA) is 140 Å². The van der Waals surface area contributed by atoms with Crippen LogP contribution in [0.3, 0.4) is 0 Å². The van der Waals surface area contributed by atoms with Crippen LogP contribution < -0.4 is 5.32 Å². The lowest BCUT2D eigenvalue weighted by atomic mass is 10.2. The number of benzene rings is 1. The maximum atomic E-state index is 12.9. The van der Waals surface area contributed by atoms with Crippen LogP contribution in [-0.2, 0) is 24.7 Å². The summed E-state index contributed by atoms with van der Waals surface area (Å²) in [6.07, 6.45) is 3.16. The molecule has 0 unspecified atom stereocenters. The van der Waals surface area contributed by atoms with Crippen molar-refractivity contribution < 1.29 is 26.0 Å². The number of nitrogens with zero attached hydrogens (tertiary/aromatic N) is 3. The molecular formula is C19H24N4O6S3. The third kappa shape index (κ3) is 5.50. The fraction of sp³-hybridized carbons (Fsp3) is 0.526. The number of sulfone groups is 1. The van der Waals surface area contributed by atoms with Crippen molar-refractivity contribution in [3.63, 3.8) is 0 Å². The molecule has 2 aromatic rings. The number of thioether (sulfide) groups is 1. The Balaban J connectivity index is 1.38. The highest BCUT2D eigenvalue weighted by Gasteiger charge is 2.29. The molecule has 1 aromatic carbocycles. The second-order valence-corrected chi connectivity index (χ2v) is 12.9. The molecular weight excluding hydrogens is 476 g/mol. The van der Waals surface area contributed by atoms with Gasteiger partial charge in [-0.05, 0) is 37.5 Å². The smallest absolute Gasteiger partial charge is 0.277 e. The Bertz CT molecular complexity index is 1190. The number of amides is 1. The van der Waals surface area contributed by atoms with Gasteiger partial charge in [0.25, 0.3) is 5.22 Å². The molecule has 3 heterocycles. The van der Waals surface area contributed by atoms with Crippen LogP contribution in [0.1, 0.15) is 25.7 Å². The van der Waals surface area contributed by atoms with Crippen molar-refractivity contribution in [2.75, 3.05) is 30.3 Å². The summed E-state index contributed by atoms with van der Waals surface area (Å²) >= 11 is 1.03. The zero-order valence-electron chi connectivity index (χ0n) is 17.3. The van der Waals surface area contributed by atoms with Gasteiger partial charge < -0.3 is 9.73 Å². The number of hydrogen-bond acceptors (Lipinski definition) is 9. The minimum atomic E-state index is -3.58. The average Bonchev–Trinajstić information content (AvgIpc) is 3.39. The van der Waals surface area contributed by atoms with Crippen LogP contribution in [0.15, 0.2) is 38.8 Å². The van der Waals surface area contributed by atoms with Crippen molar-refractivity contribution in [1.82, 2.24) is 19.8 Å². The molecule has 32 heavy (non-hydrogen) atoms. The normalized spacial score (nSPS) is 21.4. The first-order valence-electron chi connectivity index (χ1n) is 10.3. The third-order valence-electron chi connectivity index (χ3n) is 5.36. The predicted octanol–water partition coefficient (Wildman–Crippen LogP) is 1.31. The lowest BCUT2D eigenvalue weighted by Crippen LogP contribution is -2.36. The van der Waals surface area contributed by atoms with Gasteiger partial charge in [0.15, 0.2) is 9.84 Å². The quantitative estimate of drug-likeness (QED) is 0.557. The van der Waals surface area contributed by atoms with Crippen molar-refractivity contribution in [1.29, 1.82) is 0 Å². The lowest BCUT2D eigenvalue weighted by Gasteiger charge is -2.25. The highest BCUT2D eigenvalue weighted by molar-refractivity contribution is 7.99. The number of carbonyl (C=O) groups is 1. The maximum Gasteiger partial charge on any atom is 0.277 e. The molecule has 2 aliphatic heterocycles. The van der Waals surface area contributed by atoms with E-state index in [2.05, 4.69) is 15.5 Å². The highest BCUT2D eigenvalue weighted by atomic mass is 32.2. The molecule has 1 amide bonds. The van der Waals surface area contributed by atoms with Gasteiger partial charge in [-0.1, -0.05) is 24.2 Å². The van der Waals surface area contributed by atoms with E-state index >= 15 is 0 Å². The van der Waals surface area contributed by atoms with E-state index in [-0.39, 0.29) is 45.2 Å². The number of piperidine rings is 1. The summed E-state index contributed by atoms with van der Waals surface area (Å²) in [7, 11) is -6.65. The van der Waals surface area contributed by atoms with E-state index in [1.807, 2.05) is 0 Å². The molecule has 10 nitrogen and oxygen atoms in total. The molecule has 4 rings (SSSR count). The first-order chi connectivity index (χ1) is 15.2. The molecule has 0 aliphatic carbocycles. The predicted molar refractivity (Wildman–Crippen MR) is 118 cm³/mol. The Morgan fingerprint density at radius 2 is 2.00 bits per heavy atom. The van der Waals surface area contributed by atoms with Crippen LogP contribution in [0, 0.1) is 0 Å². The monoisotopic (exact) mass is 500 g/mol. The minimum absolute atomic E-state index is 0.00155. The summed E-state index contributed by atoms with van der Waals surface area (Å²) in [5, 5.41) is 10.7. The van der Waals surface area contributed by atoms with Gasteiger partial charge in [-0.25, -0.2) is 16.8 Å². The van der Waals surface area contributed by atoms with E-state index in [0.717, 1.165) is 31.0 Å². The number of hydrogen-bond donors (Lipinski definition) is 1. The van der Waals surface area contributed by atoms with Gasteiger partial charge in [-0.3, -0.25) is 4.79 Å². The summed E-state index contributed by atoms with van der Waals surface area (Å²) in [6, 6.07) is 6.01. The second kappa shape index (κ2) is 9.49. The fourth-order valence-corrected chi connectivity index (χ4v) is 7.55. The Kier molecular flexibility index (Phi) is 6.89. The van der Waals surface area contributed by atoms with Crippen LogP contribution in [0.2, 0.25) is 0 Å². The largest absolute Gasteiger partial charge is 0.411 e. The van der Waals surface area contributed by atoms with E-state index in [0.29, 0.717) is 25.1 Å². The van der Waals surface area contributed by atoms with Gasteiger partial charge in [-0.15, -0.1) is 10.2 Å². The summed E-state index contributed by atoms with van der Waals surface area (Å²) < 4.78 is 55.9. The van der Waals surface area contributed by atoms with Crippen LogP contribution in [0.4, 0.5) is 0 Å². The molecule has 0 saturated carbocycles. The first kappa shape index (κ1) is 23.2. The SMILES string of the molecule is O=C(CSc1nnc(-c2cccc(S(=O)(=O)N3CCCCC3)c2)o1)N[C@H]1CCS(=O)(=O)C1. The number of aromatic nitrogens is 2. The number of carbonyl (C=O) groups excluding carboxylic acids is 1. The van der Waals surface area contributed by atoms with E-state index in [1.165, 1.54) is 10.4 Å². The molecule has 0 spiro atoms. The van der Waals surface area contributed by atoms with E-state index in [1.54, 1.807) is 18.2 Å². The summed E-state index contributed by atoms with van der Waals surface area (Å²) in [5.41, 5.74) is 0.475. The molecule has 2 saturated heterocycles. The van der Waals surface area contributed by atoms with Crippen molar-refractivity contribution in [2.24, 2.45) is 0 Å². The lowest BCUT2D eigenvalue weighted by molar-refractivity contribution is -0.119. The average molecular weight is 501 g/mol. The van der Waals surface area contributed by atoms with Crippen molar-refractivity contribution >= 4 is 37.5 Å². The Morgan fingerprint density at radius 1 is 1.22 bits per heavy atom. The van der Waals surface area contributed by atoms with Crippen molar-refractivity contribution in [3.05, 3.63) is 24.3 Å². The summed E-state index contributed by atoms with van der Waals surface area (Å²) in [4.78, 5) is 12.3. The Hall–Kier alpha value is -1.96. The van der Waals surface area contributed by atoms with Crippen molar-refractivity contribution in [3.8, 4) is 11.5 Å². The second-order valence-electron chi connectivity index (χ2n) is 7.82.